The molecule has 0 aromatic heterocycles. The molecule has 0 bridgehead atoms. The second-order valence-electron chi connectivity index (χ2n) is 8.29. The second kappa shape index (κ2) is 14.4. The maximum atomic E-state index is 6.46. The Kier molecular flexibility index (Phi) is 11.8. The maximum absolute atomic E-state index is 6.46. The largest absolute Gasteiger partial charge is 0.494 e. The predicted molar refractivity (Wildman–Crippen MR) is 130 cm³/mol. The first kappa shape index (κ1) is 24.6. The van der Waals surface area contributed by atoms with Crippen molar-refractivity contribution >= 4 is 11.6 Å². The van der Waals surface area contributed by atoms with Crippen LogP contribution in [-0.2, 0) is 0 Å². The van der Waals surface area contributed by atoms with E-state index < -0.39 is 0 Å². The smallest absolute Gasteiger partial charge is 0.137 e. The SMILES string of the molecule is CCCCCCCCOc1ccc(-c2ccc(OCCC[C@@H](C)CC)c(Cl)c2)cc1. The quantitative estimate of drug-likeness (QED) is 0.262. The highest BCUT2D eigenvalue weighted by molar-refractivity contribution is 6.32. The summed E-state index contributed by atoms with van der Waals surface area (Å²) in [5.41, 5.74) is 2.22. The van der Waals surface area contributed by atoms with E-state index in [9.17, 15) is 0 Å². The summed E-state index contributed by atoms with van der Waals surface area (Å²) >= 11 is 6.46. The van der Waals surface area contributed by atoms with Crippen molar-refractivity contribution in [2.75, 3.05) is 13.2 Å². The van der Waals surface area contributed by atoms with Crippen LogP contribution in [0.15, 0.2) is 42.5 Å². The molecule has 0 heterocycles. The lowest BCUT2D eigenvalue weighted by Crippen LogP contribution is -2.01. The number of halogens is 1. The van der Waals surface area contributed by atoms with E-state index in [-0.39, 0.29) is 0 Å². The van der Waals surface area contributed by atoms with Crippen molar-refractivity contribution in [1.82, 2.24) is 0 Å². The molecule has 0 aliphatic heterocycles. The van der Waals surface area contributed by atoms with Crippen molar-refractivity contribution in [2.45, 2.75) is 78.6 Å². The summed E-state index contributed by atoms with van der Waals surface area (Å²) < 4.78 is 11.8. The zero-order valence-corrected chi connectivity index (χ0v) is 19.8. The predicted octanol–water partition coefficient (Wildman–Crippen LogP) is 8.95. The van der Waals surface area contributed by atoms with Crippen molar-refractivity contribution in [1.29, 1.82) is 0 Å². The van der Waals surface area contributed by atoms with Gasteiger partial charge in [-0.05, 0) is 60.6 Å². The van der Waals surface area contributed by atoms with Gasteiger partial charge in [0.05, 0.1) is 18.2 Å². The summed E-state index contributed by atoms with van der Waals surface area (Å²) in [4.78, 5) is 0. The van der Waals surface area contributed by atoms with Crippen molar-refractivity contribution in [3.8, 4) is 22.6 Å². The molecule has 1 atom stereocenters. The van der Waals surface area contributed by atoms with Gasteiger partial charge in [-0.15, -0.1) is 0 Å². The van der Waals surface area contributed by atoms with Gasteiger partial charge >= 0.3 is 0 Å². The van der Waals surface area contributed by atoms with E-state index in [0.29, 0.717) is 11.6 Å². The summed E-state index contributed by atoms with van der Waals surface area (Å²) in [5.74, 6) is 2.45. The zero-order valence-electron chi connectivity index (χ0n) is 19.1. The van der Waals surface area contributed by atoms with Crippen LogP contribution >= 0.6 is 11.6 Å². The van der Waals surface area contributed by atoms with Gasteiger partial charge in [0.25, 0.3) is 0 Å². The summed E-state index contributed by atoms with van der Waals surface area (Å²) in [5, 5.41) is 0.666. The highest BCUT2D eigenvalue weighted by atomic mass is 35.5. The third-order valence-electron chi connectivity index (χ3n) is 5.68. The van der Waals surface area contributed by atoms with Crippen molar-refractivity contribution < 1.29 is 9.47 Å². The Labute approximate surface area is 188 Å². The van der Waals surface area contributed by atoms with Crippen LogP contribution < -0.4 is 9.47 Å². The van der Waals surface area contributed by atoms with Crippen LogP contribution in [0.1, 0.15) is 78.6 Å². The van der Waals surface area contributed by atoms with Gasteiger partial charge in [-0.2, -0.15) is 0 Å². The first-order chi connectivity index (χ1) is 14.6. The average molecular weight is 431 g/mol. The van der Waals surface area contributed by atoms with Crippen LogP contribution in [0, 0.1) is 5.92 Å². The standard InChI is InChI=1S/C27H39ClO2/c1-4-6-7-8-9-10-19-29-25-16-13-23(14-17-25)24-15-18-27(26(28)21-24)30-20-11-12-22(3)5-2/h13-18,21-22H,4-12,19-20H2,1-3H3/t22-/m0/s1. The van der Waals surface area contributed by atoms with Gasteiger partial charge in [-0.1, -0.05) is 89.1 Å². The molecule has 2 nitrogen and oxygen atoms in total. The number of benzene rings is 2. The second-order valence-corrected chi connectivity index (χ2v) is 8.70. The van der Waals surface area contributed by atoms with E-state index in [1.54, 1.807) is 0 Å². The molecule has 166 valence electrons. The molecule has 30 heavy (non-hydrogen) atoms. The lowest BCUT2D eigenvalue weighted by atomic mass is 10.0. The molecule has 2 aromatic rings. The van der Waals surface area contributed by atoms with E-state index >= 15 is 0 Å². The lowest BCUT2D eigenvalue weighted by Gasteiger charge is -2.12. The topological polar surface area (TPSA) is 18.5 Å². The lowest BCUT2D eigenvalue weighted by molar-refractivity contribution is 0.294. The molecular weight excluding hydrogens is 392 g/mol. The molecule has 0 fully saturated rings. The van der Waals surface area contributed by atoms with Crippen molar-refractivity contribution in [2.24, 2.45) is 5.92 Å². The molecule has 0 spiro atoms. The summed E-state index contributed by atoms with van der Waals surface area (Å²) in [7, 11) is 0. The van der Waals surface area contributed by atoms with E-state index in [1.807, 2.05) is 24.3 Å². The van der Waals surface area contributed by atoms with Gasteiger partial charge in [-0.25, -0.2) is 0 Å². The Balaban J connectivity index is 1.78. The highest BCUT2D eigenvalue weighted by Gasteiger charge is 2.06. The number of unbranched alkanes of at least 4 members (excludes halogenated alkanes) is 5. The average Bonchev–Trinajstić information content (AvgIpc) is 2.77. The van der Waals surface area contributed by atoms with Gasteiger partial charge in [0, 0.05) is 0 Å². The van der Waals surface area contributed by atoms with Crippen LogP contribution in [0.5, 0.6) is 11.5 Å². The summed E-state index contributed by atoms with van der Waals surface area (Å²) in [6.07, 6.45) is 11.2. The van der Waals surface area contributed by atoms with Gasteiger partial charge in [0.1, 0.15) is 11.5 Å². The monoisotopic (exact) mass is 430 g/mol. The number of hydrogen-bond acceptors (Lipinski definition) is 2. The minimum atomic E-state index is 0.666. The maximum Gasteiger partial charge on any atom is 0.137 e. The van der Waals surface area contributed by atoms with Crippen molar-refractivity contribution in [3.63, 3.8) is 0 Å². The Morgan fingerprint density at radius 1 is 0.767 bits per heavy atom. The fourth-order valence-corrected chi connectivity index (χ4v) is 3.67. The molecule has 2 aromatic carbocycles. The normalized spacial score (nSPS) is 12.0. The Morgan fingerprint density at radius 2 is 1.43 bits per heavy atom. The molecule has 0 aliphatic carbocycles. The number of rotatable bonds is 15. The van der Waals surface area contributed by atoms with Crippen LogP contribution in [-0.4, -0.2) is 13.2 Å². The highest BCUT2D eigenvalue weighted by Crippen LogP contribution is 2.31. The van der Waals surface area contributed by atoms with Crippen LogP contribution in [0.4, 0.5) is 0 Å². The van der Waals surface area contributed by atoms with E-state index in [2.05, 4.69) is 39.0 Å². The van der Waals surface area contributed by atoms with Crippen LogP contribution in [0.2, 0.25) is 5.02 Å². The summed E-state index contributed by atoms with van der Waals surface area (Å²) in [6, 6.07) is 14.3. The van der Waals surface area contributed by atoms with Gasteiger partial charge in [-0.3, -0.25) is 0 Å². The number of ether oxygens (including phenoxy) is 2. The Hall–Kier alpha value is -1.67. The Bertz CT molecular complexity index is 711. The molecule has 0 radical (unpaired) electrons. The van der Waals surface area contributed by atoms with Crippen LogP contribution in [0.25, 0.3) is 11.1 Å². The van der Waals surface area contributed by atoms with E-state index in [1.165, 1.54) is 44.9 Å². The van der Waals surface area contributed by atoms with Gasteiger partial charge in [0.15, 0.2) is 0 Å². The first-order valence-electron chi connectivity index (χ1n) is 11.8. The fourth-order valence-electron chi connectivity index (χ4n) is 3.43. The minimum Gasteiger partial charge on any atom is -0.494 e. The molecule has 0 unspecified atom stereocenters. The number of hydrogen-bond donors (Lipinski definition) is 0. The zero-order chi connectivity index (χ0) is 21.6. The van der Waals surface area contributed by atoms with E-state index in [4.69, 9.17) is 21.1 Å². The third kappa shape index (κ3) is 9.00. The molecule has 0 aliphatic rings. The first-order valence-corrected chi connectivity index (χ1v) is 12.2. The molecule has 0 saturated carbocycles. The van der Waals surface area contributed by atoms with Crippen molar-refractivity contribution in [3.05, 3.63) is 47.5 Å². The molecule has 0 amide bonds. The minimum absolute atomic E-state index is 0.666. The molecule has 0 saturated heterocycles. The molecular formula is C27H39ClO2. The molecule has 0 N–H and O–H groups in total. The molecule has 3 heteroatoms. The van der Waals surface area contributed by atoms with Gasteiger partial charge < -0.3 is 9.47 Å². The Morgan fingerprint density at radius 3 is 2.13 bits per heavy atom. The van der Waals surface area contributed by atoms with Gasteiger partial charge in [0.2, 0.25) is 0 Å². The summed E-state index contributed by atoms with van der Waals surface area (Å²) in [6.45, 7) is 8.27. The molecule has 2 rings (SSSR count). The fraction of sp³-hybridized carbons (Fsp3) is 0.556. The van der Waals surface area contributed by atoms with Crippen LogP contribution in [0.3, 0.4) is 0 Å². The van der Waals surface area contributed by atoms with E-state index in [0.717, 1.165) is 48.0 Å². The third-order valence-corrected chi connectivity index (χ3v) is 5.98.